The van der Waals surface area contributed by atoms with Crippen LogP contribution in [0.1, 0.15) is 16.0 Å². The molecule has 0 bridgehead atoms. The van der Waals surface area contributed by atoms with Gasteiger partial charge in [-0.15, -0.1) is 11.3 Å². The highest BCUT2D eigenvalue weighted by atomic mass is 32.1. The van der Waals surface area contributed by atoms with Gasteiger partial charge < -0.3 is 14.4 Å². The van der Waals surface area contributed by atoms with Crippen LogP contribution in [0.2, 0.25) is 0 Å². The highest BCUT2D eigenvalue weighted by molar-refractivity contribution is 7.10. The summed E-state index contributed by atoms with van der Waals surface area (Å²) in [5, 5.41) is 2.04. The molecule has 1 aliphatic rings. The van der Waals surface area contributed by atoms with E-state index in [1.807, 2.05) is 35.7 Å². The molecule has 0 saturated heterocycles. The number of hydrogen-bond donors (Lipinski definition) is 0. The fraction of sp³-hybridized carbons (Fsp3) is 0.263. The minimum atomic E-state index is -0.530. The van der Waals surface area contributed by atoms with Crippen LogP contribution in [-0.2, 0) is 27.3 Å². The van der Waals surface area contributed by atoms with E-state index >= 15 is 0 Å². The molecule has 2 heterocycles. The molecule has 0 saturated carbocycles. The molecule has 0 aliphatic carbocycles. The summed E-state index contributed by atoms with van der Waals surface area (Å²) in [6.45, 7) is 1.04. The summed E-state index contributed by atoms with van der Waals surface area (Å²) in [5.74, 6) is 0.0566. The van der Waals surface area contributed by atoms with Crippen molar-refractivity contribution in [1.29, 1.82) is 0 Å². The van der Waals surface area contributed by atoms with E-state index in [4.69, 9.17) is 9.47 Å². The van der Waals surface area contributed by atoms with Crippen LogP contribution in [-0.4, -0.2) is 37.0 Å². The topological polar surface area (TPSA) is 55.8 Å². The van der Waals surface area contributed by atoms with E-state index in [2.05, 4.69) is 0 Å². The zero-order chi connectivity index (χ0) is 17.6. The number of amides is 1. The van der Waals surface area contributed by atoms with E-state index in [9.17, 15) is 9.59 Å². The smallest absolute Gasteiger partial charge is 0.331 e. The number of carbonyl (C=O) groups excluding carboxylic acids is 2. The number of thiophene rings is 1. The number of carbonyl (C=O) groups is 2. The molecular formula is C19H19NO4S. The Morgan fingerprint density at radius 1 is 1.24 bits per heavy atom. The third kappa shape index (κ3) is 4.48. The van der Waals surface area contributed by atoms with Gasteiger partial charge in [0.1, 0.15) is 5.75 Å². The highest BCUT2D eigenvalue weighted by Crippen LogP contribution is 2.23. The molecular weight excluding hydrogens is 338 g/mol. The standard InChI is InChI=1S/C19H19NO4S/c1-23-16-5-2-14(3-6-16)4-7-19(22)24-13-18(21)20-10-8-17-15(12-20)9-11-25-17/h2-7,9,11H,8,10,12-13H2,1H3/b7-4+. The molecule has 1 aliphatic heterocycles. The highest BCUT2D eigenvalue weighted by Gasteiger charge is 2.21. The second-order valence-electron chi connectivity index (χ2n) is 5.65. The summed E-state index contributed by atoms with van der Waals surface area (Å²) in [7, 11) is 1.60. The maximum atomic E-state index is 12.2. The Kier molecular flexibility index (Phi) is 5.50. The Hall–Kier alpha value is -2.60. The molecule has 1 amide bonds. The molecule has 0 fully saturated rings. The Bertz CT molecular complexity index is 779. The monoisotopic (exact) mass is 357 g/mol. The van der Waals surface area contributed by atoms with Crippen molar-refractivity contribution in [2.24, 2.45) is 0 Å². The van der Waals surface area contributed by atoms with Crippen molar-refractivity contribution in [1.82, 2.24) is 4.90 Å². The average molecular weight is 357 g/mol. The molecule has 5 nitrogen and oxygen atoms in total. The fourth-order valence-corrected chi connectivity index (χ4v) is 3.50. The minimum Gasteiger partial charge on any atom is -0.497 e. The van der Waals surface area contributed by atoms with Gasteiger partial charge in [0.05, 0.1) is 7.11 Å². The summed E-state index contributed by atoms with van der Waals surface area (Å²) in [6.07, 6.45) is 3.83. The molecule has 25 heavy (non-hydrogen) atoms. The van der Waals surface area contributed by atoms with Gasteiger partial charge in [-0.05, 0) is 47.2 Å². The average Bonchev–Trinajstić information content (AvgIpc) is 3.12. The lowest BCUT2D eigenvalue weighted by molar-refractivity contribution is -0.148. The molecule has 1 aromatic heterocycles. The van der Waals surface area contributed by atoms with Gasteiger partial charge in [-0.2, -0.15) is 0 Å². The molecule has 0 unspecified atom stereocenters. The van der Waals surface area contributed by atoms with Crippen LogP contribution in [0.3, 0.4) is 0 Å². The molecule has 130 valence electrons. The number of benzene rings is 1. The Labute approximate surface area is 150 Å². The summed E-state index contributed by atoms with van der Waals surface area (Å²) < 4.78 is 10.1. The number of esters is 1. The molecule has 2 aromatic rings. The summed E-state index contributed by atoms with van der Waals surface area (Å²) in [5.41, 5.74) is 2.04. The molecule has 3 rings (SSSR count). The van der Waals surface area contributed by atoms with E-state index in [0.29, 0.717) is 13.1 Å². The molecule has 0 spiro atoms. The van der Waals surface area contributed by atoms with E-state index in [0.717, 1.165) is 17.7 Å². The predicted molar refractivity (Wildman–Crippen MR) is 96.4 cm³/mol. The number of nitrogens with zero attached hydrogens (tertiary/aromatic N) is 1. The first-order chi connectivity index (χ1) is 12.2. The molecule has 0 radical (unpaired) electrons. The maximum absolute atomic E-state index is 12.2. The van der Waals surface area contributed by atoms with E-state index in [1.165, 1.54) is 16.5 Å². The van der Waals surface area contributed by atoms with E-state index in [1.54, 1.807) is 29.4 Å². The lowest BCUT2D eigenvalue weighted by Gasteiger charge is -2.26. The largest absolute Gasteiger partial charge is 0.497 e. The quantitative estimate of drug-likeness (QED) is 0.610. The Morgan fingerprint density at radius 2 is 2.04 bits per heavy atom. The molecule has 1 aromatic carbocycles. The normalized spacial score (nSPS) is 13.6. The molecule has 0 N–H and O–H groups in total. The van der Waals surface area contributed by atoms with Crippen LogP contribution in [0.4, 0.5) is 0 Å². The van der Waals surface area contributed by atoms with Crippen LogP contribution in [0.5, 0.6) is 5.75 Å². The first kappa shape index (κ1) is 17.2. The van der Waals surface area contributed by atoms with Crippen LogP contribution < -0.4 is 4.74 Å². The SMILES string of the molecule is COc1ccc(/C=C/C(=O)OCC(=O)N2CCc3sccc3C2)cc1. The fourth-order valence-electron chi connectivity index (χ4n) is 2.61. The number of fused-ring (bicyclic) bond motifs is 1. The number of ether oxygens (including phenoxy) is 2. The van der Waals surface area contributed by atoms with Gasteiger partial charge in [0.2, 0.25) is 0 Å². The van der Waals surface area contributed by atoms with Crippen molar-refractivity contribution in [3.63, 3.8) is 0 Å². The van der Waals surface area contributed by atoms with Gasteiger partial charge in [-0.25, -0.2) is 4.79 Å². The van der Waals surface area contributed by atoms with Crippen molar-refractivity contribution < 1.29 is 19.1 Å². The van der Waals surface area contributed by atoms with E-state index in [-0.39, 0.29) is 12.5 Å². The summed E-state index contributed by atoms with van der Waals surface area (Å²) in [6, 6.07) is 9.33. The van der Waals surface area contributed by atoms with Crippen LogP contribution in [0.25, 0.3) is 6.08 Å². The van der Waals surface area contributed by atoms with Gasteiger partial charge in [0, 0.05) is 24.0 Å². The zero-order valence-corrected chi connectivity index (χ0v) is 14.8. The Morgan fingerprint density at radius 3 is 2.80 bits per heavy atom. The van der Waals surface area contributed by atoms with Crippen molar-refractivity contribution in [3.8, 4) is 5.75 Å². The zero-order valence-electron chi connectivity index (χ0n) is 13.9. The van der Waals surface area contributed by atoms with Crippen molar-refractivity contribution >= 4 is 29.3 Å². The van der Waals surface area contributed by atoms with Gasteiger partial charge in [-0.3, -0.25) is 4.79 Å². The third-order valence-electron chi connectivity index (χ3n) is 4.03. The predicted octanol–water partition coefficient (Wildman–Crippen LogP) is 2.90. The van der Waals surface area contributed by atoms with Crippen molar-refractivity contribution in [2.75, 3.05) is 20.3 Å². The molecule has 6 heteroatoms. The van der Waals surface area contributed by atoms with E-state index < -0.39 is 5.97 Å². The number of methoxy groups -OCH3 is 1. The third-order valence-corrected chi connectivity index (χ3v) is 5.05. The van der Waals surface area contributed by atoms with Crippen molar-refractivity contribution in [3.05, 3.63) is 57.8 Å². The summed E-state index contributed by atoms with van der Waals surface area (Å²) >= 11 is 1.72. The minimum absolute atomic E-state index is 0.164. The lowest BCUT2D eigenvalue weighted by Crippen LogP contribution is -2.38. The van der Waals surface area contributed by atoms with Gasteiger partial charge in [0.15, 0.2) is 6.61 Å². The first-order valence-electron chi connectivity index (χ1n) is 7.97. The van der Waals surface area contributed by atoms with Gasteiger partial charge in [0.25, 0.3) is 5.91 Å². The van der Waals surface area contributed by atoms with Crippen LogP contribution >= 0.6 is 11.3 Å². The van der Waals surface area contributed by atoms with Crippen LogP contribution in [0.15, 0.2) is 41.8 Å². The summed E-state index contributed by atoms with van der Waals surface area (Å²) in [4.78, 5) is 27.0. The second kappa shape index (κ2) is 7.98. The van der Waals surface area contributed by atoms with Gasteiger partial charge in [-0.1, -0.05) is 12.1 Å². The second-order valence-corrected chi connectivity index (χ2v) is 6.65. The molecule has 0 atom stereocenters. The van der Waals surface area contributed by atoms with Gasteiger partial charge >= 0.3 is 5.97 Å². The number of rotatable bonds is 5. The number of hydrogen-bond acceptors (Lipinski definition) is 5. The van der Waals surface area contributed by atoms with Crippen LogP contribution in [0, 0.1) is 0 Å². The first-order valence-corrected chi connectivity index (χ1v) is 8.85. The Balaban J connectivity index is 1.47. The lowest BCUT2D eigenvalue weighted by atomic mass is 10.1. The van der Waals surface area contributed by atoms with Crippen molar-refractivity contribution in [2.45, 2.75) is 13.0 Å². The maximum Gasteiger partial charge on any atom is 0.331 e.